The molecule has 0 aliphatic carbocycles. The van der Waals surface area contributed by atoms with E-state index in [0.717, 1.165) is 6.92 Å². The van der Waals surface area contributed by atoms with Crippen molar-refractivity contribution >= 4 is 15.9 Å². The van der Waals surface area contributed by atoms with E-state index in [1.54, 1.807) is 18.2 Å². The maximum Gasteiger partial charge on any atom is 0.703 e. The van der Waals surface area contributed by atoms with Gasteiger partial charge in [0.15, 0.2) is 5.34 Å². The van der Waals surface area contributed by atoms with Gasteiger partial charge >= 0.3 is 15.9 Å². The molecule has 0 aliphatic rings. The Balaban J connectivity index is 3.11. The molecule has 8 heteroatoms. The van der Waals surface area contributed by atoms with Crippen LogP contribution in [0, 0.1) is 0 Å². The molecular formula is C8H11O6P2+. The van der Waals surface area contributed by atoms with Gasteiger partial charge in [-0.2, -0.15) is 0 Å². The first-order chi connectivity index (χ1) is 7.27. The van der Waals surface area contributed by atoms with E-state index in [0.29, 0.717) is 0 Å². The molecule has 0 saturated carbocycles. The molecule has 0 spiro atoms. The monoisotopic (exact) mass is 265 g/mol. The van der Waals surface area contributed by atoms with Crippen LogP contribution in [0.2, 0.25) is 0 Å². The topological polar surface area (TPSA) is 104 Å². The van der Waals surface area contributed by atoms with Crippen molar-refractivity contribution in [2.24, 2.45) is 0 Å². The molecule has 0 radical (unpaired) electrons. The third-order valence-corrected chi connectivity index (χ3v) is 4.85. The number of hydrogen-bond donors (Lipinski definition) is 3. The Labute approximate surface area is 93.0 Å². The molecule has 0 amide bonds. The SMILES string of the molecule is CC(O)(c1ccccc1)P(=O)(O)O[P+](=O)O. The second-order valence-electron chi connectivity index (χ2n) is 3.23. The molecule has 0 aliphatic heterocycles. The Bertz CT molecular complexity index is 429. The summed E-state index contributed by atoms with van der Waals surface area (Å²) in [6, 6.07) is 7.61. The fourth-order valence-electron chi connectivity index (χ4n) is 1.09. The van der Waals surface area contributed by atoms with Gasteiger partial charge in [-0.15, -0.1) is 4.89 Å². The molecule has 6 nitrogen and oxygen atoms in total. The standard InChI is InChI=1S/C8H10O6P2/c1-8(9,7-5-3-2-4-6-7)16(12,13)14-15(10)11/h2-6,9H,1H3,(H-,10,11,12,13)/p+1. The maximum absolute atomic E-state index is 11.6. The van der Waals surface area contributed by atoms with Crippen LogP contribution in [0.1, 0.15) is 12.5 Å². The van der Waals surface area contributed by atoms with E-state index in [1.807, 2.05) is 0 Å². The molecule has 1 rings (SSSR count). The van der Waals surface area contributed by atoms with Gasteiger partial charge in [-0.1, -0.05) is 30.3 Å². The molecule has 0 fully saturated rings. The van der Waals surface area contributed by atoms with E-state index in [9.17, 15) is 19.1 Å². The molecule has 3 unspecified atom stereocenters. The Morgan fingerprint density at radius 2 is 1.88 bits per heavy atom. The van der Waals surface area contributed by atoms with Crippen molar-refractivity contribution < 1.29 is 28.3 Å². The van der Waals surface area contributed by atoms with Crippen molar-refractivity contribution in [1.82, 2.24) is 0 Å². The minimum atomic E-state index is -4.65. The van der Waals surface area contributed by atoms with Crippen LogP contribution in [-0.2, 0) is 18.8 Å². The highest BCUT2D eigenvalue weighted by molar-refractivity contribution is 7.60. The van der Waals surface area contributed by atoms with Gasteiger partial charge in [-0.25, -0.2) is 0 Å². The highest BCUT2D eigenvalue weighted by Gasteiger charge is 2.51. The van der Waals surface area contributed by atoms with E-state index in [-0.39, 0.29) is 5.56 Å². The van der Waals surface area contributed by atoms with Gasteiger partial charge in [0.25, 0.3) is 0 Å². The Hall–Kier alpha value is -0.610. The third-order valence-electron chi connectivity index (χ3n) is 2.05. The van der Waals surface area contributed by atoms with Gasteiger partial charge < -0.3 is 10.00 Å². The van der Waals surface area contributed by atoms with Crippen LogP contribution in [0.4, 0.5) is 0 Å². The summed E-state index contributed by atoms with van der Waals surface area (Å²) in [6.07, 6.45) is 0. The predicted octanol–water partition coefficient (Wildman–Crippen LogP) is 1.70. The van der Waals surface area contributed by atoms with Crippen molar-refractivity contribution in [1.29, 1.82) is 0 Å². The first-order valence-corrected chi connectivity index (χ1v) is 6.95. The van der Waals surface area contributed by atoms with Gasteiger partial charge in [0, 0.05) is 4.57 Å². The van der Waals surface area contributed by atoms with Gasteiger partial charge in [-0.3, -0.25) is 4.57 Å². The molecule has 1 aromatic carbocycles. The van der Waals surface area contributed by atoms with Crippen molar-refractivity contribution in [3.63, 3.8) is 0 Å². The van der Waals surface area contributed by atoms with Crippen LogP contribution in [0.3, 0.4) is 0 Å². The fourth-order valence-corrected chi connectivity index (χ4v) is 2.96. The van der Waals surface area contributed by atoms with E-state index < -0.39 is 21.2 Å². The predicted molar refractivity (Wildman–Crippen MR) is 56.7 cm³/mol. The van der Waals surface area contributed by atoms with Crippen LogP contribution in [-0.4, -0.2) is 14.9 Å². The molecule has 0 aromatic heterocycles. The number of aliphatic hydroxyl groups is 1. The number of hydrogen-bond acceptors (Lipinski definition) is 4. The summed E-state index contributed by atoms with van der Waals surface area (Å²) in [4.78, 5) is 17.8. The van der Waals surface area contributed by atoms with Gasteiger partial charge in [0.05, 0.1) is 0 Å². The minimum Gasteiger partial charge on any atom is -0.373 e. The molecule has 1 aromatic rings. The molecule has 16 heavy (non-hydrogen) atoms. The largest absolute Gasteiger partial charge is 0.703 e. The second-order valence-corrected chi connectivity index (χ2v) is 6.27. The van der Waals surface area contributed by atoms with E-state index in [2.05, 4.69) is 4.31 Å². The van der Waals surface area contributed by atoms with Crippen LogP contribution >= 0.6 is 15.9 Å². The first-order valence-electron chi connectivity index (χ1n) is 4.24. The summed E-state index contributed by atoms with van der Waals surface area (Å²) in [5.74, 6) is 0. The van der Waals surface area contributed by atoms with Crippen molar-refractivity contribution in [3.8, 4) is 0 Å². The lowest BCUT2D eigenvalue weighted by molar-refractivity contribution is 0.110. The Morgan fingerprint density at radius 1 is 1.38 bits per heavy atom. The van der Waals surface area contributed by atoms with Crippen LogP contribution in [0.5, 0.6) is 0 Å². The van der Waals surface area contributed by atoms with E-state index >= 15 is 0 Å². The van der Waals surface area contributed by atoms with Gasteiger partial charge in [0.1, 0.15) is 0 Å². The average Bonchev–Trinajstić information content (AvgIpc) is 2.17. The molecule has 3 N–H and O–H groups in total. The van der Waals surface area contributed by atoms with Gasteiger partial charge in [0.2, 0.25) is 0 Å². The Morgan fingerprint density at radius 3 is 2.31 bits per heavy atom. The zero-order valence-corrected chi connectivity index (χ0v) is 10.1. The lowest BCUT2D eigenvalue weighted by atomic mass is 10.1. The molecule has 0 bridgehead atoms. The van der Waals surface area contributed by atoms with Crippen molar-refractivity contribution in [2.45, 2.75) is 12.3 Å². The maximum atomic E-state index is 11.6. The lowest BCUT2D eigenvalue weighted by Crippen LogP contribution is -2.21. The van der Waals surface area contributed by atoms with E-state index in [4.69, 9.17) is 4.89 Å². The lowest BCUT2D eigenvalue weighted by Gasteiger charge is -2.24. The molecule has 88 valence electrons. The third kappa shape index (κ3) is 2.74. The summed E-state index contributed by atoms with van der Waals surface area (Å²) in [5.41, 5.74) is 0.123. The molecule has 3 atom stereocenters. The zero-order valence-electron chi connectivity index (χ0n) is 8.35. The number of rotatable bonds is 4. The van der Waals surface area contributed by atoms with Crippen LogP contribution in [0.25, 0.3) is 0 Å². The Kier molecular flexibility index (Phi) is 3.97. The molecular weight excluding hydrogens is 254 g/mol. The summed E-state index contributed by atoms with van der Waals surface area (Å²) in [5, 5.41) is 7.65. The number of benzene rings is 1. The summed E-state index contributed by atoms with van der Waals surface area (Å²) in [6.45, 7) is 1.04. The summed E-state index contributed by atoms with van der Waals surface area (Å²) < 4.78 is 25.9. The van der Waals surface area contributed by atoms with Crippen molar-refractivity contribution in [2.75, 3.05) is 0 Å². The second kappa shape index (κ2) is 4.72. The summed E-state index contributed by atoms with van der Waals surface area (Å²) >= 11 is 0. The minimum absolute atomic E-state index is 0.123. The normalized spacial score (nSPS) is 19.6. The highest BCUT2D eigenvalue weighted by Crippen LogP contribution is 2.63. The van der Waals surface area contributed by atoms with Crippen LogP contribution < -0.4 is 0 Å². The molecule has 0 saturated heterocycles. The fraction of sp³-hybridized carbons (Fsp3) is 0.250. The quantitative estimate of drug-likeness (QED) is 0.716. The van der Waals surface area contributed by atoms with Crippen LogP contribution in [0.15, 0.2) is 30.3 Å². The zero-order chi connectivity index (χ0) is 12.4. The van der Waals surface area contributed by atoms with Crippen molar-refractivity contribution in [3.05, 3.63) is 35.9 Å². The highest BCUT2D eigenvalue weighted by atomic mass is 31.2. The average molecular weight is 265 g/mol. The summed E-state index contributed by atoms with van der Waals surface area (Å²) in [7, 11) is -7.92. The molecule has 0 heterocycles. The smallest absolute Gasteiger partial charge is 0.373 e. The first kappa shape index (κ1) is 13.5. The van der Waals surface area contributed by atoms with Gasteiger partial charge in [-0.05, 0) is 16.8 Å². The van der Waals surface area contributed by atoms with E-state index in [1.165, 1.54) is 12.1 Å².